The molecule has 0 spiro atoms. The Balaban J connectivity index is 1.71. The van der Waals surface area contributed by atoms with Crippen LogP contribution in [0.4, 0.5) is 5.95 Å². The highest BCUT2D eigenvalue weighted by Gasteiger charge is 2.16. The molecule has 116 valence electrons. The lowest BCUT2D eigenvalue weighted by molar-refractivity contribution is 1.05. The van der Waals surface area contributed by atoms with Crippen molar-refractivity contribution in [2.45, 2.75) is 6.42 Å². The summed E-state index contributed by atoms with van der Waals surface area (Å²) in [6.07, 6.45) is 5.24. The summed E-state index contributed by atoms with van der Waals surface area (Å²) in [4.78, 5) is 10.3. The van der Waals surface area contributed by atoms with E-state index in [1.165, 1.54) is 16.2 Å². The molecule has 0 radical (unpaired) electrons. The van der Waals surface area contributed by atoms with E-state index in [1.54, 1.807) is 0 Å². The van der Waals surface area contributed by atoms with E-state index in [-0.39, 0.29) is 0 Å². The Hall–Kier alpha value is -1.76. The van der Waals surface area contributed by atoms with Crippen molar-refractivity contribution >= 4 is 45.6 Å². The zero-order chi connectivity index (χ0) is 15.8. The fourth-order valence-electron chi connectivity index (χ4n) is 2.43. The average molecular weight is 361 g/mol. The van der Waals surface area contributed by atoms with Crippen LogP contribution in [0.25, 0.3) is 21.3 Å². The van der Waals surface area contributed by atoms with Crippen LogP contribution in [0.1, 0.15) is 12.1 Å². The number of nitrogens with zero attached hydrogens (tertiary/aromatic N) is 3. The summed E-state index contributed by atoms with van der Waals surface area (Å²) in [5.41, 5.74) is 8.76. The van der Waals surface area contributed by atoms with Gasteiger partial charge in [-0.2, -0.15) is 0 Å². The topological polar surface area (TPSA) is 56.7 Å². The first-order valence-electron chi connectivity index (χ1n) is 7.11. The molecule has 0 unspecified atom stereocenters. The predicted molar refractivity (Wildman–Crippen MR) is 99.1 cm³/mol. The van der Waals surface area contributed by atoms with E-state index >= 15 is 0 Å². The molecule has 7 heteroatoms. The van der Waals surface area contributed by atoms with E-state index in [0.717, 1.165) is 34.3 Å². The number of nitrogens with two attached hydrogens (primary N) is 1. The molecule has 0 saturated carbocycles. The highest BCUT2D eigenvalue weighted by Crippen LogP contribution is 2.35. The maximum Gasteiger partial charge on any atom is 0.207 e. The van der Waals surface area contributed by atoms with Crippen molar-refractivity contribution in [1.29, 1.82) is 0 Å². The molecule has 0 fully saturated rings. The van der Waals surface area contributed by atoms with E-state index in [4.69, 9.17) is 17.3 Å². The quantitative estimate of drug-likeness (QED) is 0.734. The van der Waals surface area contributed by atoms with Gasteiger partial charge in [-0.05, 0) is 12.5 Å². The molecule has 0 saturated heterocycles. The van der Waals surface area contributed by atoms with Crippen LogP contribution in [0.5, 0.6) is 0 Å². The van der Waals surface area contributed by atoms with Crippen LogP contribution in [0.15, 0.2) is 41.9 Å². The second-order valence-corrected chi connectivity index (χ2v) is 7.44. The standard InChI is InChI=1S/C16H13ClN4S2/c17-11-5-2-1-4-10(11)13-9-23-16(20-13)21-8-12(19-15(21)18)14-6-3-7-22-14/h1-2,4-6,8-9H,3,7H2,(H2,18,19). The van der Waals surface area contributed by atoms with Crippen LogP contribution in [0.3, 0.4) is 0 Å². The van der Waals surface area contributed by atoms with E-state index in [1.807, 2.05) is 52.2 Å². The van der Waals surface area contributed by atoms with E-state index < -0.39 is 0 Å². The zero-order valence-electron chi connectivity index (χ0n) is 12.1. The van der Waals surface area contributed by atoms with Crippen molar-refractivity contribution in [3.8, 4) is 16.4 Å². The molecule has 3 aromatic rings. The van der Waals surface area contributed by atoms with E-state index in [9.17, 15) is 0 Å². The summed E-state index contributed by atoms with van der Waals surface area (Å²) in [5.74, 6) is 1.56. The lowest BCUT2D eigenvalue weighted by Crippen LogP contribution is -1.98. The second-order valence-electron chi connectivity index (χ2n) is 5.06. The smallest absolute Gasteiger partial charge is 0.207 e. The summed E-state index contributed by atoms with van der Waals surface area (Å²) in [6, 6.07) is 7.69. The largest absolute Gasteiger partial charge is 0.369 e. The summed E-state index contributed by atoms with van der Waals surface area (Å²) in [7, 11) is 0. The predicted octanol–water partition coefficient (Wildman–Crippen LogP) is 4.71. The van der Waals surface area contributed by atoms with Gasteiger partial charge in [0, 0.05) is 32.8 Å². The lowest BCUT2D eigenvalue weighted by Gasteiger charge is -2.00. The molecule has 1 aromatic carbocycles. The molecule has 0 bridgehead atoms. The summed E-state index contributed by atoms with van der Waals surface area (Å²) >= 11 is 9.58. The third-order valence-electron chi connectivity index (χ3n) is 3.54. The molecule has 0 amide bonds. The van der Waals surface area contributed by atoms with Gasteiger partial charge < -0.3 is 5.73 Å². The molecular weight excluding hydrogens is 348 g/mol. The molecule has 1 aliphatic rings. The average Bonchev–Trinajstić information content (AvgIpc) is 3.27. The van der Waals surface area contributed by atoms with Crippen molar-refractivity contribution in [2.24, 2.45) is 0 Å². The van der Waals surface area contributed by atoms with Gasteiger partial charge >= 0.3 is 0 Å². The number of allylic oxidation sites excluding steroid dienone is 1. The zero-order valence-corrected chi connectivity index (χ0v) is 14.5. The molecule has 2 N–H and O–H groups in total. The van der Waals surface area contributed by atoms with Crippen molar-refractivity contribution < 1.29 is 0 Å². The minimum atomic E-state index is 0.452. The number of halogens is 1. The van der Waals surface area contributed by atoms with Gasteiger partial charge in [-0.25, -0.2) is 9.97 Å². The first kappa shape index (κ1) is 14.8. The van der Waals surface area contributed by atoms with Crippen molar-refractivity contribution in [1.82, 2.24) is 14.5 Å². The number of benzene rings is 1. The molecule has 1 aliphatic heterocycles. The molecule has 0 atom stereocenters. The molecule has 23 heavy (non-hydrogen) atoms. The normalized spacial score (nSPS) is 14.2. The van der Waals surface area contributed by atoms with Crippen molar-refractivity contribution in [3.05, 3.63) is 52.6 Å². The van der Waals surface area contributed by atoms with Crippen LogP contribution in [-0.4, -0.2) is 20.3 Å². The Labute approximate surface area is 147 Å². The van der Waals surface area contributed by atoms with Crippen LogP contribution in [-0.2, 0) is 0 Å². The molecule has 4 rings (SSSR count). The third kappa shape index (κ3) is 2.78. The van der Waals surface area contributed by atoms with Gasteiger partial charge in [-0.1, -0.05) is 35.9 Å². The first-order chi connectivity index (χ1) is 11.2. The van der Waals surface area contributed by atoms with Gasteiger partial charge in [0.2, 0.25) is 5.95 Å². The molecule has 0 aliphatic carbocycles. The number of hydrogen-bond donors (Lipinski definition) is 1. The summed E-state index contributed by atoms with van der Waals surface area (Å²) < 4.78 is 1.83. The van der Waals surface area contributed by atoms with Crippen LogP contribution in [0.2, 0.25) is 5.02 Å². The Bertz CT molecular complexity index is 897. The van der Waals surface area contributed by atoms with Gasteiger partial charge in [0.05, 0.1) is 11.4 Å². The van der Waals surface area contributed by atoms with Gasteiger partial charge in [-0.15, -0.1) is 23.1 Å². The Kier molecular flexibility index (Phi) is 3.88. The Morgan fingerprint density at radius 2 is 2.04 bits per heavy atom. The maximum absolute atomic E-state index is 6.25. The Morgan fingerprint density at radius 3 is 2.83 bits per heavy atom. The highest BCUT2D eigenvalue weighted by atomic mass is 35.5. The van der Waals surface area contributed by atoms with Crippen LogP contribution < -0.4 is 5.73 Å². The van der Waals surface area contributed by atoms with Gasteiger partial charge in [0.15, 0.2) is 5.13 Å². The maximum atomic E-state index is 6.25. The van der Waals surface area contributed by atoms with Gasteiger partial charge in [-0.3, -0.25) is 4.57 Å². The van der Waals surface area contributed by atoms with Crippen molar-refractivity contribution in [3.63, 3.8) is 0 Å². The van der Waals surface area contributed by atoms with Crippen molar-refractivity contribution in [2.75, 3.05) is 11.5 Å². The number of nitrogen functional groups attached to an aromatic ring is 1. The summed E-state index contributed by atoms with van der Waals surface area (Å²) in [5, 5.41) is 3.47. The molecular formula is C16H13ClN4S2. The number of rotatable bonds is 3. The number of hydrogen-bond acceptors (Lipinski definition) is 5. The highest BCUT2D eigenvalue weighted by molar-refractivity contribution is 8.08. The second kappa shape index (κ2) is 6.03. The number of aromatic nitrogens is 3. The van der Waals surface area contributed by atoms with Gasteiger partial charge in [0.1, 0.15) is 0 Å². The summed E-state index contributed by atoms with van der Waals surface area (Å²) in [6.45, 7) is 0. The van der Waals surface area contributed by atoms with Crippen LogP contribution in [0, 0.1) is 0 Å². The SMILES string of the molecule is Nc1nc(C2=CCCS2)cn1-c1nc(-c2ccccc2Cl)cs1. The van der Waals surface area contributed by atoms with E-state index in [0.29, 0.717) is 11.0 Å². The molecule has 2 aromatic heterocycles. The third-order valence-corrected chi connectivity index (χ3v) is 5.83. The minimum absolute atomic E-state index is 0.452. The number of thioether (sulfide) groups is 1. The first-order valence-corrected chi connectivity index (χ1v) is 9.35. The number of imidazole rings is 1. The lowest BCUT2D eigenvalue weighted by atomic mass is 10.2. The van der Waals surface area contributed by atoms with E-state index in [2.05, 4.69) is 16.0 Å². The molecule has 4 nitrogen and oxygen atoms in total. The monoisotopic (exact) mass is 360 g/mol. The van der Waals surface area contributed by atoms with Gasteiger partial charge in [0.25, 0.3) is 0 Å². The van der Waals surface area contributed by atoms with Crippen LogP contribution >= 0.6 is 34.7 Å². The minimum Gasteiger partial charge on any atom is -0.369 e. The number of thiazole rings is 1. The Morgan fingerprint density at radius 1 is 1.17 bits per heavy atom. The molecule has 3 heterocycles. The number of anilines is 1. The fourth-order valence-corrected chi connectivity index (χ4v) is 4.41. The fraction of sp³-hybridized carbons (Fsp3) is 0.125.